The molecule has 0 saturated carbocycles. The fourth-order valence-electron chi connectivity index (χ4n) is 3.94. The van der Waals surface area contributed by atoms with Gasteiger partial charge in [0.1, 0.15) is 0 Å². The molecule has 0 saturated heterocycles. The number of ether oxygens (including phenoxy) is 1. The monoisotopic (exact) mass is 441 g/mol. The van der Waals surface area contributed by atoms with Crippen molar-refractivity contribution in [3.8, 4) is 0 Å². The number of carbonyl (C=O) groups is 3. The predicted molar refractivity (Wildman–Crippen MR) is 114 cm³/mol. The molecule has 1 heterocycles. The maximum absolute atomic E-state index is 13.5. The third kappa shape index (κ3) is 3.15. The topological polar surface area (TPSA) is 72.5 Å². The standard InChI is InChI=1S/C23H17Cl2NO4/c1-3-30-23(29)17-11(2)26-20-19(18(17)15-9-8-12(24)10-16(15)25)21(27)13-6-4-5-7-14(13)22(20)28/h4-10,18,26H,3H2,1-2H3. The molecule has 1 atom stereocenters. The molecule has 0 fully saturated rings. The summed E-state index contributed by atoms with van der Waals surface area (Å²) in [5, 5.41) is 3.68. The van der Waals surface area contributed by atoms with Gasteiger partial charge in [-0.25, -0.2) is 4.79 Å². The number of Topliss-reactive ketones (excluding diaryl/α,β-unsaturated/α-hetero) is 2. The fourth-order valence-corrected chi connectivity index (χ4v) is 4.45. The number of hydrogen-bond donors (Lipinski definition) is 1. The highest BCUT2D eigenvalue weighted by Crippen LogP contribution is 2.45. The predicted octanol–water partition coefficient (Wildman–Crippen LogP) is 4.85. The Hall–Kier alpha value is -2.89. The first-order valence-corrected chi connectivity index (χ1v) is 10.1. The number of hydrogen-bond acceptors (Lipinski definition) is 5. The van der Waals surface area contributed by atoms with E-state index >= 15 is 0 Å². The van der Waals surface area contributed by atoms with E-state index in [4.69, 9.17) is 27.9 Å². The highest BCUT2D eigenvalue weighted by Gasteiger charge is 2.44. The molecular formula is C23H17Cl2NO4. The summed E-state index contributed by atoms with van der Waals surface area (Å²) >= 11 is 12.5. The Morgan fingerprint density at radius 1 is 1.07 bits per heavy atom. The fraction of sp³-hybridized carbons (Fsp3) is 0.174. The maximum atomic E-state index is 13.5. The normalized spacial score (nSPS) is 18.1. The SMILES string of the molecule is CCOC(=O)C1=C(C)NC2=C(C(=O)c3ccccc3C2=O)C1c1ccc(Cl)cc1Cl. The molecule has 0 radical (unpaired) electrons. The van der Waals surface area contributed by atoms with Gasteiger partial charge in [-0.15, -0.1) is 0 Å². The smallest absolute Gasteiger partial charge is 0.336 e. The van der Waals surface area contributed by atoms with Gasteiger partial charge < -0.3 is 10.1 Å². The van der Waals surface area contributed by atoms with E-state index in [1.165, 1.54) is 0 Å². The second-order valence-electron chi connectivity index (χ2n) is 6.98. The van der Waals surface area contributed by atoms with Crippen molar-refractivity contribution in [1.29, 1.82) is 0 Å². The van der Waals surface area contributed by atoms with E-state index in [9.17, 15) is 14.4 Å². The third-order valence-electron chi connectivity index (χ3n) is 5.22. The van der Waals surface area contributed by atoms with E-state index in [0.29, 0.717) is 27.4 Å². The van der Waals surface area contributed by atoms with Crippen LogP contribution in [0.15, 0.2) is 65.0 Å². The number of halogens is 2. The average Bonchev–Trinajstić information content (AvgIpc) is 2.71. The van der Waals surface area contributed by atoms with E-state index in [-0.39, 0.29) is 40.0 Å². The molecule has 4 rings (SSSR count). The lowest BCUT2D eigenvalue weighted by Gasteiger charge is -2.34. The molecule has 2 aromatic carbocycles. The van der Waals surface area contributed by atoms with Gasteiger partial charge >= 0.3 is 5.97 Å². The minimum Gasteiger partial charge on any atom is -0.463 e. The number of nitrogens with one attached hydrogen (secondary N) is 1. The Morgan fingerprint density at radius 3 is 2.37 bits per heavy atom. The molecule has 30 heavy (non-hydrogen) atoms. The molecule has 5 nitrogen and oxygen atoms in total. The maximum Gasteiger partial charge on any atom is 0.336 e. The van der Waals surface area contributed by atoms with Gasteiger partial charge in [-0.2, -0.15) is 0 Å². The van der Waals surface area contributed by atoms with Crippen LogP contribution in [0.1, 0.15) is 46.0 Å². The molecule has 2 aromatic rings. The van der Waals surface area contributed by atoms with Gasteiger partial charge in [0.2, 0.25) is 5.78 Å². The van der Waals surface area contributed by atoms with Crippen LogP contribution >= 0.6 is 23.2 Å². The van der Waals surface area contributed by atoms with Crippen molar-refractivity contribution in [1.82, 2.24) is 5.32 Å². The van der Waals surface area contributed by atoms with Crippen LogP contribution in [0.3, 0.4) is 0 Å². The van der Waals surface area contributed by atoms with Crippen molar-refractivity contribution >= 4 is 40.7 Å². The Morgan fingerprint density at radius 2 is 1.73 bits per heavy atom. The molecule has 7 heteroatoms. The lowest BCUT2D eigenvalue weighted by Crippen LogP contribution is -2.38. The highest BCUT2D eigenvalue weighted by molar-refractivity contribution is 6.35. The number of carbonyl (C=O) groups excluding carboxylic acids is 3. The Labute approximate surface area is 183 Å². The lowest BCUT2D eigenvalue weighted by atomic mass is 9.73. The van der Waals surface area contributed by atoms with E-state index in [2.05, 4.69) is 5.32 Å². The second-order valence-corrected chi connectivity index (χ2v) is 7.82. The lowest BCUT2D eigenvalue weighted by molar-refractivity contribution is -0.138. The summed E-state index contributed by atoms with van der Waals surface area (Å²) in [5.41, 5.74) is 2.11. The highest BCUT2D eigenvalue weighted by atomic mass is 35.5. The van der Waals surface area contributed by atoms with E-state index in [1.807, 2.05) is 0 Å². The van der Waals surface area contributed by atoms with Crippen LogP contribution in [0.5, 0.6) is 0 Å². The van der Waals surface area contributed by atoms with E-state index < -0.39 is 11.9 Å². The van der Waals surface area contributed by atoms with Crippen molar-refractivity contribution in [2.24, 2.45) is 0 Å². The van der Waals surface area contributed by atoms with Crippen LogP contribution in [0, 0.1) is 0 Å². The summed E-state index contributed by atoms with van der Waals surface area (Å²) < 4.78 is 5.25. The van der Waals surface area contributed by atoms with Crippen LogP contribution in [0.25, 0.3) is 0 Å². The van der Waals surface area contributed by atoms with Crippen molar-refractivity contribution < 1.29 is 19.1 Å². The summed E-state index contributed by atoms with van der Waals surface area (Å²) in [6, 6.07) is 11.5. The van der Waals surface area contributed by atoms with Crippen LogP contribution in [-0.2, 0) is 9.53 Å². The zero-order chi connectivity index (χ0) is 21.6. The number of esters is 1. The Bertz CT molecular complexity index is 1180. The first-order valence-electron chi connectivity index (χ1n) is 9.37. The molecule has 1 N–H and O–H groups in total. The molecule has 0 spiro atoms. The van der Waals surface area contributed by atoms with Crippen LogP contribution in [0.4, 0.5) is 0 Å². The molecular weight excluding hydrogens is 425 g/mol. The molecule has 152 valence electrons. The van der Waals surface area contributed by atoms with Crippen molar-refractivity contribution in [2.75, 3.05) is 6.61 Å². The number of benzene rings is 2. The molecule has 2 aliphatic rings. The van der Waals surface area contributed by atoms with Gasteiger partial charge in [0.05, 0.1) is 23.8 Å². The number of fused-ring (bicyclic) bond motifs is 1. The molecule has 1 aliphatic carbocycles. The number of allylic oxidation sites excluding steroid dienone is 3. The van der Waals surface area contributed by atoms with Gasteiger partial charge in [0, 0.05) is 32.4 Å². The van der Waals surface area contributed by atoms with Crippen LogP contribution < -0.4 is 5.32 Å². The quantitative estimate of drug-likeness (QED) is 0.689. The molecule has 0 aromatic heterocycles. The van der Waals surface area contributed by atoms with Gasteiger partial charge in [-0.05, 0) is 31.5 Å². The van der Waals surface area contributed by atoms with Crippen LogP contribution in [0.2, 0.25) is 10.0 Å². The van der Waals surface area contributed by atoms with Crippen molar-refractivity contribution in [3.05, 3.63) is 91.7 Å². The van der Waals surface area contributed by atoms with E-state index in [1.54, 1.807) is 56.3 Å². The molecule has 0 amide bonds. The minimum atomic E-state index is -0.866. The van der Waals surface area contributed by atoms with Gasteiger partial charge in [-0.3, -0.25) is 9.59 Å². The molecule has 1 unspecified atom stereocenters. The summed E-state index contributed by atoms with van der Waals surface area (Å²) in [7, 11) is 0. The van der Waals surface area contributed by atoms with Crippen molar-refractivity contribution in [2.45, 2.75) is 19.8 Å². The zero-order valence-corrected chi connectivity index (χ0v) is 17.7. The summed E-state index contributed by atoms with van der Waals surface area (Å²) in [6.45, 7) is 3.54. The van der Waals surface area contributed by atoms with Crippen molar-refractivity contribution in [3.63, 3.8) is 0 Å². The third-order valence-corrected chi connectivity index (χ3v) is 5.78. The largest absolute Gasteiger partial charge is 0.463 e. The second kappa shape index (κ2) is 7.74. The molecule has 1 aliphatic heterocycles. The Kier molecular flexibility index (Phi) is 5.26. The Balaban J connectivity index is 1.99. The number of rotatable bonds is 3. The van der Waals surface area contributed by atoms with E-state index in [0.717, 1.165) is 0 Å². The number of ketones is 2. The first-order chi connectivity index (χ1) is 14.3. The number of dihydropyridines is 1. The van der Waals surface area contributed by atoms with Crippen LogP contribution in [-0.4, -0.2) is 24.1 Å². The first kappa shape index (κ1) is 20.4. The molecule has 0 bridgehead atoms. The minimum absolute atomic E-state index is 0.153. The summed E-state index contributed by atoms with van der Waals surface area (Å²) in [5.74, 6) is -2.09. The van der Waals surface area contributed by atoms with Gasteiger partial charge in [0.15, 0.2) is 5.78 Å². The van der Waals surface area contributed by atoms with Gasteiger partial charge in [-0.1, -0.05) is 53.5 Å². The summed E-state index contributed by atoms with van der Waals surface area (Å²) in [4.78, 5) is 39.6. The summed E-state index contributed by atoms with van der Waals surface area (Å²) in [6.07, 6.45) is 0. The average molecular weight is 442 g/mol. The van der Waals surface area contributed by atoms with Gasteiger partial charge in [0.25, 0.3) is 0 Å². The zero-order valence-electron chi connectivity index (χ0n) is 16.2.